The molecule has 0 fully saturated rings. The first-order valence-corrected chi connectivity index (χ1v) is 6.11. The van der Waals surface area contributed by atoms with E-state index < -0.39 is 0 Å². The van der Waals surface area contributed by atoms with Crippen molar-refractivity contribution in [2.24, 2.45) is 0 Å². The van der Waals surface area contributed by atoms with E-state index in [2.05, 4.69) is 4.98 Å². The zero-order valence-corrected chi connectivity index (χ0v) is 10.4. The summed E-state index contributed by atoms with van der Waals surface area (Å²) in [4.78, 5) is 3.22. The quantitative estimate of drug-likeness (QED) is 0.691. The smallest absolute Gasteiger partial charge is 0.182 e. The van der Waals surface area contributed by atoms with Gasteiger partial charge in [0.05, 0.1) is 5.52 Å². The van der Waals surface area contributed by atoms with E-state index in [9.17, 15) is 5.11 Å². The van der Waals surface area contributed by atoms with Crippen LogP contribution in [0.1, 0.15) is 11.3 Å². The first kappa shape index (κ1) is 11.0. The van der Waals surface area contributed by atoms with Crippen molar-refractivity contribution in [3.8, 4) is 5.75 Å². The Balaban J connectivity index is 2.08. The minimum absolute atomic E-state index is 0.287. The van der Waals surface area contributed by atoms with Crippen molar-refractivity contribution in [2.75, 3.05) is 0 Å². The monoisotopic (exact) mass is 256 g/mol. The molecule has 0 amide bonds. The highest BCUT2D eigenvalue weighted by molar-refractivity contribution is 7.71. The SMILES string of the molecule is Oc1cccc(Cc2[nH]c(=S)n3ccccc23)c1. The summed E-state index contributed by atoms with van der Waals surface area (Å²) < 4.78 is 2.65. The molecule has 3 aromatic rings. The average Bonchev–Trinajstić information content (AvgIpc) is 2.67. The Hall–Kier alpha value is -2.07. The molecule has 90 valence electrons. The molecule has 0 aliphatic rings. The number of aromatic amines is 1. The molecule has 18 heavy (non-hydrogen) atoms. The van der Waals surface area contributed by atoms with Gasteiger partial charge >= 0.3 is 0 Å². The van der Waals surface area contributed by atoms with Crippen LogP contribution in [0.15, 0.2) is 48.7 Å². The molecule has 0 saturated heterocycles. The number of imidazole rings is 1. The second-order valence-corrected chi connectivity index (χ2v) is 4.60. The highest BCUT2D eigenvalue weighted by Gasteiger charge is 2.05. The second kappa shape index (κ2) is 4.31. The normalized spacial score (nSPS) is 10.9. The fourth-order valence-electron chi connectivity index (χ4n) is 2.12. The summed E-state index contributed by atoms with van der Waals surface area (Å²) in [5, 5.41) is 9.47. The highest BCUT2D eigenvalue weighted by atomic mass is 32.1. The van der Waals surface area contributed by atoms with Crippen molar-refractivity contribution in [3.63, 3.8) is 0 Å². The molecule has 2 N–H and O–H groups in total. The summed E-state index contributed by atoms with van der Waals surface area (Å²) in [5.74, 6) is 0.287. The maximum absolute atomic E-state index is 9.47. The summed E-state index contributed by atoms with van der Waals surface area (Å²) in [5.41, 5.74) is 3.19. The lowest BCUT2D eigenvalue weighted by Gasteiger charge is -2.01. The van der Waals surface area contributed by atoms with Crippen LogP contribution < -0.4 is 0 Å². The van der Waals surface area contributed by atoms with Gasteiger partial charge in [-0.3, -0.25) is 4.40 Å². The van der Waals surface area contributed by atoms with Gasteiger partial charge in [-0.15, -0.1) is 0 Å². The van der Waals surface area contributed by atoms with Crippen LogP contribution in [0.25, 0.3) is 5.52 Å². The molecule has 0 atom stereocenters. The zero-order chi connectivity index (χ0) is 12.5. The first-order chi connectivity index (χ1) is 8.74. The van der Waals surface area contributed by atoms with Crippen LogP contribution in [0.2, 0.25) is 0 Å². The minimum Gasteiger partial charge on any atom is -0.508 e. The Morgan fingerprint density at radius 2 is 2.06 bits per heavy atom. The molecule has 0 bridgehead atoms. The van der Waals surface area contributed by atoms with Gasteiger partial charge in [-0.2, -0.15) is 0 Å². The number of phenols is 1. The zero-order valence-electron chi connectivity index (χ0n) is 9.63. The highest BCUT2D eigenvalue weighted by Crippen LogP contribution is 2.18. The van der Waals surface area contributed by atoms with Crippen LogP contribution in [-0.2, 0) is 6.42 Å². The fraction of sp³-hybridized carbons (Fsp3) is 0.0714. The van der Waals surface area contributed by atoms with E-state index in [1.807, 2.05) is 40.9 Å². The predicted octanol–water partition coefficient (Wildman–Crippen LogP) is 3.29. The fourth-order valence-corrected chi connectivity index (χ4v) is 2.41. The number of nitrogens with zero attached hydrogens (tertiary/aromatic N) is 1. The van der Waals surface area contributed by atoms with Gasteiger partial charge in [0.1, 0.15) is 5.75 Å². The number of hydrogen-bond acceptors (Lipinski definition) is 2. The Labute approximate surface area is 109 Å². The van der Waals surface area contributed by atoms with Crippen LogP contribution in [-0.4, -0.2) is 14.5 Å². The van der Waals surface area contributed by atoms with E-state index in [-0.39, 0.29) is 5.75 Å². The van der Waals surface area contributed by atoms with Crippen molar-refractivity contribution < 1.29 is 5.11 Å². The number of hydrogen-bond donors (Lipinski definition) is 2. The average molecular weight is 256 g/mol. The van der Waals surface area contributed by atoms with Gasteiger partial charge in [-0.1, -0.05) is 18.2 Å². The van der Waals surface area contributed by atoms with E-state index in [1.165, 1.54) is 0 Å². The molecular formula is C14H12N2OS. The van der Waals surface area contributed by atoms with Crippen LogP contribution >= 0.6 is 12.2 Å². The van der Waals surface area contributed by atoms with Gasteiger partial charge < -0.3 is 10.1 Å². The molecule has 0 saturated carbocycles. The molecule has 0 spiro atoms. The van der Waals surface area contributed by atoms with Crippen molar-refractivity contribution in [2.45, 2.75) is 6.42 Å². The van der Waals surface area contributed by atoms with Gasteiger partial charge in [0.15, 0.2) is 4.77 Å². The topological polar surface area (TPSA) is 40.4 Å². The number of aromatic nitrogens is 2. The summed E-state index contributed by atoms with van der Waals surface area (Å²) in [7, 11) is 0. The Kier molecular flexibility index (Phi) is 2.64. The number of fused-ring (bicyclic) bond motifs is 1. The molecule has 0 unspecified atom stereocenters. The third-order valence-electron chi connectivity index (χ3n) is 2.94. The van der Waals surface area contributed by atoms with Crippen LogP contribution in [0.4, 0.5) is 0 Å². The summed E-state index contributed by atoms with van der Waals surface area (Å²) in [6.07, 6.45) is 2.67. The van der Waals surface area contributed by atoms with Gasteiger partial charge in [-0.25, -0.2) is 0 Å². The van der Waals surface area contributed by atoms with Crippen molar-refractivity contribution in [1.82, 2.24) is 9.38 Å². The number of benzene rings is 1. The van der Waals surface area contributed by atoms with Crippen molar-refractivity contribution in [3.05, 3.63) is 64.7 Å². The second-order valence-electron chi connectivity index (χ2n) is 4.21. The molecule has 3 nitrogen and oxygen atoms in total. The lowest BCUT2D eigenvalue weighted by atomic mass is 10.1. The number of pyridine rings is 1. The predicted molar refractivity (Wildman–Crippen MR) is 73.5 cm³/mol. The molecule has 2 aromatic heterocycles. The van der Waals surface area contributed by atoms with E-state index in [4.69, 9.17) is 12.2 Å². The Morgan fingerprint density at radius 1 is 1.17 bits per heavy atom. The summed E-state index contributed by atoms with van der Waals surface area (Å²) >= 11 is 5.27. The molecule has 0 aliphatic carbocycles. The summed E-state index contributed by atoms with van der Waals surface area (Å²) in [6, 6.07) is 13.2. The maximum Gasteiger partial charge on any atom is 0.182 e. The van der Waals surface area contributed by atoms with Crippen LogP contribution in [0.3, 0.4) is 0 Å². The molecular weight excluding hydrogens is 244 g/mol. The van der Waals surface area contributed by atoms with E-state index in [0.29, 0.717) is 4.77 Å². The molecule has 2 heterocycles. The van der Waals surface area contributed by atoms with E-state index in [0.717, 1.165) is 23.2 Å². The Bertz CT molecular complexity index is 758. The van der Waals surface area contributed by atoms with E-state index >= 15 is 0 Å². The molecule has 0 aliphatic heterocycles. The van der Waals surface area contributed by atoms with Crippen molar-refractivity contribution >= 4 is 17.7 Å². The number of aromatic hydroxyl groups is 1. The van der Waals surface area contributed by atoms with Gasteiger partial charge in [0.2, 0.25) is 0 Å². The maximum atomic E-state index is 9.47. The van der Waals surface area contributed by atoms with Crippen LogP contribution in [0, 0.1) is 4.77 Å². The number of phenolic OH excluding ortho intramolecular Hbond substituents is 1. The van der Waals surface area contributed by atoms with E-state index in [1.54, 1.807) is 12.1 Å². The standard InChI is InChI=1S/C14H12N2OS/c17-11-5-3-4-10(8-11)9-12-13-6-1-2-7-16(13)14(18)15-12/h1-8,17H,9H2,(H,15,18). The minimum atomic E-state index is 0.287. The number of nitrogens with one attached hydrogen (secondary N) is 1. The first-order valence-electron chi connectivity index (χ1n) is 5.70. The Morgan fingerprint density at radius 3 is 2.89 bits per heavy atom. The molecule has 1 aromatic carbocycles. The largest absolute Gasteiger partial charge is 0.508 e. The third-order valence-corrected chi connectivity index (χ3v) is 3.24. The lowest BCUT2D eigenvalue weighted by molar-refractivity contribution is 0.474. The number of rotatable bonds is 2. The number of H-pyrrole nitrogens is 1. The summed E-state index contributed by atoms with van der Waals surface area (Å²) in [6.45, 7) is 0. The third kappa shape index (κ3) is 1.91. The molecule has 3 rings (SSSR count). The molecule has 4 heteroatoms. The van der Waals surface area contributed by atoms with Gasteiger partial charge in [-0.05, 0) is 42.0 Å². The lowest BCUT2D eigenvalue weighted by Crippen LogP contribution is -1.89. The van der Waals surface area contributed by atoms with Crippen LogP contribution in [0.5, 0.6) is 5.75 Å². The van der Waals surface area contributed by atoms with Crippen molar-refractivity contribution in [1.29, 1.82) is 0 Å². The molecule has 0 radical (unpaired) electrons. The van der Waals surface area contributed by atoms with Gasteiger partial charge in [0.25, 0.3) is 0 Å². The van der Waals surface area contributed by atoms with Gasteiger partial charge in [0, 0.05) is 18.3 Å².